The van der Waals surface area contributed by atoms with E-state index in [1.54, 1.807) is 19.4 Å². The first-order valence-electron chi connectivity index (χ1n) is 7.30. The summed E-state index contributed by atoms with van der Waals surface area (Å²) in [5, 5.41) is 5.54. The van der Waals surface area contributed by atoms with Gasteiger partial charge in [-0.2, -0.15) is 4.52 Å². The Morgan fingerprint density at radius 3 is 3.00 bits per heavy atom. The van der Waals surface area contributed by atoms with Gasteiger partial charge in [0, 0.05) is 36.8 Å². The highest BCUT2D eigenvalue weighted by molar-refractivity contribution is 5.76. The van der Waals surface area contributed by atoms with E-state index in [4.69, 9.17) is 0 Å². The van der Waals surface area contributed by atoms with Crippen molar-refractivity contribution in [3.63, 3.8) is 0 Å². The molecule has 0 unspecified atom stereocenters. The number of aromatic amines is 2. The molecule has 1 amide bonds. The van der Waals surface area contributed by atoms with Crippen molar-refractivity contribution in [3.8, 4) is 0 Å². The first-order valence-corrected chi connectivity index (χ1v) is 7.30. The molecule has 0 saturated carbocycles. The number of hydrogen-bond donors (Lipinski definition) is 3. The van der Waals surface area contributed by atoms with E-state index >= 15 is 0 Å². The average Bonchev–Trinajstić information content (AvgIpc) is 3.18. The highest BCUT2D eigenvalue weighted by Crippen LogP contribution is 2.04. The van der Waals surface area contributed by atoms with Crippen LogP contribution in [0.4, 0.5) is 0 Å². The van der Waals surface area contributed by atoms with E-state index in [0.29, 0.717) is 36.4 Å². The van der Waals surface area contributed by atoms with Crippen LogP contribution in [-0.4, -0.2) is 42.0 Å². The highest BCUT2D eigenvalue weighted by Gasteiger charge is 2.12. The van der Waals surface area contributed by atoms with Crippen LogP contribution < -0.4 is 10.9 Å². The molecule has 0 aromatic carbocycles. The first-order chi connectivity index (χ1) is 11.1. The zero-order valence-corrected chi connectivity index (χ0v) is 12.7. The minimum atomic E-state index is -0.213. The predicted molar refractivity (Wildman–Crippen MR) is 82.0 cm³/mol. The number of aromatic nitrogens is 6. The molecular weight excluding hydrogens is 298 g/mol. The summed E-state index contributed by atoms with van der Waals surface area (Å²) in [7, 11) is 0. The van der Waals surface area contributed by atoms with Crippen LogP contribution in [0.5, 0.6) is 0 Å². The number of amides is 1. The number of H-pyrrole nitrogens is 2. The molecule has 0 fully saturated rings. The fourth-order valence-electron chi connectivity index (χ4n) is 2.37. The molecule has 0 saturated heterocycles. The van der Waals surface area contributed by atoms with Crippen molar-refractivity contribution in [3.05, 3.63) is 46.2 Å². The van der Waals surface area contributed by atoms with Gasteiger partial charge in [-0.3, -0.25) is 14.7 Å². The summed E-state index contributed by atoms with van der Waals surface area (Å²) < 4.78 is 1.28. The summed E-state index contributed by atoms with van der Waals surface area (Å²) in [6.45, 7) is 2.28. The Balaban J connectivity index is 1.57. The molecule has 3 heterocycles. The summed E-state index contributed by atoms with van der Waals surface area (Å²) in [5.41, 5.74) is 1.88. The van der Waals surface area contributed by atoms with Gasteiger partial charge < -0.3 is 10.3 Å². The zero-order chi connectivity index (χ0) is 16.2. The number of carbonyl (C=O) groups excluding carboxylic acids is 1. The van der Waals surface area contributed by atoms with Crippen molar-refractivity contribution in [2.75, 3.05) is 6.54 Å². The SMILES string of the molecule is Cc1nc2nc[nH]n2c(=O)c1CCC(=O)NCCc1cnc[nH]1. The number of fused-ring (bicyclic) bond motifs is 1. The van der Waals surface area contributed by atoms with Crippen LogP contribution >= 0.6 is 0 Å². The van der Waals surface area contributed by atoms with E-state index < -0.39 is 0 Å². The molecule has 0 spiro atoms. The van der Waals surface area contributed by atoms with Crippen molar-refractivity contribution in [2.45, 2.75) is 26.2 Å². The largest absolute Gasteiger partial charge is 0.356 e. The molecule has 0 bridgehead atoms. The van der Waals surface area contributed by atoms with E-state index in [0.717, 1.165) is 5.69 Å². The molecular formula is C14H17N7O2. The minimum Gasteiger partial charge on any atom is -0.356 e. The van der Waals surface area contributed by atoms with Gasteiger partial charge in [0.2, 0.25) is 5.91 Å². The number of nitrogens with zero attached hydrogens (tertiary/aromatic N) is 4. The second-order valence-corrected chi connectivity index (χ2v) is 5.18. The Morgan fingerprint density at radius 2 is 2.22 bits per heavy atom. The van der Waals surface area contributed by atoms with E-state index in [-0.39, 0.29) is 17.9 Å². The Hall–Kier alpha value is -2.97. The Bertz CT molecular complexity index is 863. The second kappa shape index (κ2) is 6.42. The van der Waals surface area contributed by atoms with Crippen LogP contribution in [0.3, 0.4) is 0 Å². The third-order valence-corrected chi connectivity index (χ3v) is 3.61. The lowest BCUT2D eigenvalue weighted by molar-refractivity contribution is -0.121. The fraction of sp³-hybridized carbons (Fsp3) is 0.357. The van der Waals surface area contributed by atoms with Crippen molar-refractivity contribution in [2.24, 2.45) is 0 Å². The molecule has 0 aliphatic carbocycles. The monoisotopic (exact) mass is 315 g/mol. The molecule has 0 aliphatic rings. The smallest absolute Gasteiger partial charge is 0.277 e. The maximum Gasteiger partial charge on any atom is 0.277 e. The first kappa shape index (κ1) is 14.9. The minimum absolute atomic E-state index is 0.0991. The molecule has 0 radical (unpaired) electrons. The number of nitrogens with one attached hydrogen (secondary N) is 3. The Kier molecular flexibility index (Phi) is 4.18. The average molecular weight is 315 g/mol. The molecule has 3 aromatic rings. The molecule has 120 valence electrons. The van der Waals surface area contributed by atoms with Crippen LogP contribution in [0.25, 0.3) is 5.78 Å². The Morgan fingerprint density at radius 1 is 1.35 bits per heavy atom. The van der Waals surface area contributed by atoms with Gasteiger partial charge in [-0.05, 0) is 13.3 Å². The van der Waals surface area contributed by atoms with Gasteiger partial charge in [0.15, 0.2) is 0 Å². The number of carbonyl (C=O) groups is 1. The maximum atomic E-state index is 12.3. The summed E-state index contributed by atoms with van der Waals surface area (Å²) in [6, 6.07) is 0. The third-order valence-electron chi connectivity index (χ3n) is 3.61. The lowest BCUT2D eigenvalue weighted by Crippen LogP contribution is -2.28. The number of aryl methyl sites for hydroxylation is 1. The van der Waals surface area contributed by atoms with Gasteiger partial charge in [0.05, 0.1) is 12.0 Å². The van der Waals surface area contributed by atoms with Crippen molar-refractivity contribution >= 4 is 11.7 Å². The summed E-state index contributed by atoms with van der Waals surface area (Å²) in [4.78, 5) is 39.3. The van der Waals surface area contributed by atoms with Crippen LogP contribution in [0.1, 0.15) is 23.4 Å². The Labute approximate surface area is 131 Å². The van der Waals surface area contributed by atoms with Gasteiger partial charge >= 0.3 is 0 Å². The van der Waals surface area contributed by atoms with Crippen LogP contribution in [-0.2, 0) is 17.6 Å². The van der Waals surface area contributed by atoms with E-state index in [2.05, 4.69) is 30.4 Å². The number of rotatable bonds is 6. The standard InChI is InChI=1S/C14H17N7O2/c1-9-11(13(23)21-14(20-9)18-8-19-21)2-3-12(22)16-5-4-10-6-15-7-17-10/h6-8H,2-5H2,1H3,(H,15,17)(H,16,22)(H,18,19,20). The molecule has 9 heteroatoms. The highest BCUT2D eigenvalue weighted by atomic mass is 16.1. The molecule has 3 rings (SSSR count). The van der Waals surface area contributed by atoms with E-state index in [1.807, 2.05) is 0 Å². The quantitative estimate of drug-likeness (QED) is 0.579. The molecule has 23 heavy (non-hydrogen) atoms. The van der Waals surface area contributed by atoms with Crippen LogP contribution in [0.15, 0.2) is 23.6 Å². The molecule has 3 aromatic heterocycles. The predicted octanol–water partition coefficient (Wildman–Crippen LogP) is -0.259. The number of imidazole rings is 1. The van der Waals surface area contributed by atoms with Gasteiger partial charge in [0.1, 0.15) is 6.33 Å². The second-order valence-electron chi connectivity index (χ2n) is 5.18. The summed E-state index contributed by atoms with van der Waals surface area (Å²) in [5.74, 6) is 0.235. The maximum absolute atomic E-state index is 12.3. The molecule has 9 nitrogen and oxygen atoms in total. The van der Waals surface area contributed by atoms with Crippen molar-refractivity contribution in [1.29, 1.82) is 0 Å². The topological polar surface area (TPSA) is 121 Å². The van der Waals surface area contributed by atoms with Gasteiger partial charge in [-0.15, -0.1) is 0 Å². The normalized spacial score (nSPS) is 11.0. The van der Waals surface area contributed by atoms with Crippen molar-refractivity contribution in [1.82, 2.24) is 34.9 Å². The summed E-state index contributed by atoms with van der Waals surface area (Å²) >= 11 is 0. The van der Waals surface area contributed by atoms with E-state index in [1.165, 1.54) is 10.8 Å². The molecule has 0 atom stereocenters. The summed E-state index contributed by atoms with van der Waals surface area (Å²) in [6.07, 6.45) is 6.01. The van der Waals surface area contributed by atoms with E-state index in [9.17, 15) is 9.59 Å². The zero-order valence-electron chi connectivity index (χ0n) is 12.7. The van der Waals surface area contributed by atoms with Crippen LogP contribution in [0.2, 0.25) is 0 Å². The lowest BCUT2D eigenvalue weighted by atomic mass is 10.1. The van der Waals surface area contributed by atoms with Gasteiger partial charge in [-0.25, -0.2) is 15.0 Å². The van der Waals surface area contributed by atoms with Crippen molar-refractivity contribution < 1.29 is 4.79 Å². The third kappa shape index (κ3) is 3.28. The van der Waals surface area contributed by atoms with Gasteiger partial charge in [-0.1, -0.05) is 0 Å². The lowest BCUT2D eigenvalue weighted by Gasteiger charge is -2.06. The number of hydrogen-bond acceptors (Lipinski definition) is 5. The molecule has 3 N–H and O–H groups in total. The van der Waals surface area contributed by atoms with Gasteiger partial charge in [0.25, 0.3) is 11.3 Å². The van der Waals surface area contributed by atoms with Crippen LogP contribution in [0, 0.1) is 6.92 Å². The fourth-order valence-corrected chi connectivity index (χ4v) is 2.37. The molecule has 0 aliphatic heterocycles.